The molecule has 0 aliphatic heterocycles. The van der Waals surface area contributed by atoms with Gasteiger partial charge in [0.05, 0.1) is 19.3 Å². The number of carbonyl (C=O) groups excluding carboxylic acids is 1. The van der Waals surface area contributed by atoms with Crippen molar-refractivity contribution in [1.82, 2.24) is 0 Å². The highest BCUT2D eigenvalue weighted by molar-refractivity contribution is 9.08. The number of methoxy groups -OCH3 is 1. The summed E-state index contributed by atoms with van der Waals surface area (Å²) < 4.78 is 30.2. The second kappa shape index (κ2) is 6.07. The molecule has 0 spiro atoms. The highest BCUT2D eigenvalue weighted by Crippen LogP contribution is 2.29. The van der Waals surface area contributed by atoms with E-state index >= 15 is 0 Å². The first-order valence-corrected chi connectivity index (χ1v) is 5.86. The molecule has 17 heavy (non-hydrogen) atoms. The maximum atomic E-state index is 12.8. The zero-order valence-electron chi connectivity index (χ0n) is 9.04. The molecule has 0 saturated carbocycles. The molecule has 1 aromatic rings. The summed E-state index contributed by atoms with van der Waals surface area (Å²) in [5.74, 6) is -0.698. The summed E-state index contributed by atoms with van der Waals surface area (Å²) in [4.78, 5) is 11.5. The molecule has 0 saturated heterocycles. The van der Waals surface area contributed by atoms with Crippen LogP contribution in [0.15, 0.2) is 12.1 Å². The Bertz CT molecular complexity index is 421. The third-order valence-corrected chi connectivity index (χ3v) is 2.86. The SMILES string of the molecule is COC(=O)c1cc(CO)cc(C(F)F)c1CBr. The van der Waals surface area contributed by atoms with E-state index in [9.17, 15) is 13.6 Å². The Morgan fingerprint density at radius 3 is 2.59 bits per heavy atom. The first kappa shape index (κ1) is 14.1. The lowest BCUT2D eigenvalue weighted by Gasteiger charge is -2.13. The number of rotatable bonds is 4. The Kier molecular flexibility index (Phi) is 5.02. The number of aliphatic hydroxyl groups excluding tert-OH is 1. The van der Waals surface area contributed by atoms with E-state index in [2.05, 4.69) is 20.7 Å². The van der Waals surface area contributed by atoms with E-state index in [4.69, 9.17) is 5.11 Å². The van der Waals surface area contributed by atoms with Gasteiger partial charge in [0.2, 0.25) is 0 Å². The number of hydrogen-bond acceptors (Lipinski definition) is 3. The molecule has 0 bridgehead atoms. The first-order valence-electron chi connectivity index (χ1n) is 4.74. The number of aliphatic hydroxyl groups is 1. The minimum atomic E-state index is -2.71. The van der Waals surface area contributed by atoms with Crippen LogP contribution in [0.4, 0.5) is 8.78 Å². The number of alkyl halides is 3. The van der Waals surface area contributed by atoms with Crippen molar-refractivity contribution in [3.8, 4) is 0 Å². The van der Waals surface area contributed by atoms with Crippen LogP contribution in [0.5, 0.6) is 0 Å². The fraction of sp³-hybridized carbons (Fsp3) is 0.364. The Balaban J connectivity index is 3.44. The molecule has 0 aromatic heterocycles. The summed E-state index contributed by atoms with van der Waals surface area (Å²) >= 11 is 3.07. The van der Waals surface area contributed by atoms with Gasteiger partial charge in [-0.1, -0.05) is 15.9 Å². The summed E-state index contributed by atoms with van der Waals surface area (Å²) in [6, 6.07) is 2.54. The smallest absolute Gasteiger partial charge is 0.338 e. The lowest BCUT2D eigenvalue weighted by molar-refractivity contribution is 0.0599. The van der Waals surface area contributed by atoms with Crippen molar-refractivity contribution >= 4 is 21.9 Å². The molecule has 0 aliphatic rings. The molecule has 1 aromatic carbocycles. The van der Waals surface area contributed by atoms with Gasteiger partial charge in [0.1, 0.15) is 0 Å². The number of halogens is 3. The van der Waals surface area contributed by atoms with E-state index in [0.29, 0.717) is 0 Å². The average Bonchev–Trinajstić information content (AvgIpc) is 2.35. The zero-order chi connectivity index (χ0) is 13.0. The van der Waals surface area contributed by atoms with Crippen molar-refractivity contribution in [2.45, 2.75) is 18.4 Å². The van der Waals surface area contributed by atoms with Crippen molar-refractivity contribution in [3.05, 3.63) is 34.4 Å². The van der Waals surface area contributed by atoms with Crippen LogP contribution in [-0.2, 0) is 16.7 Å². The van der Waals surface area contributed by atoms with Crippen LogP contribution in [0, 0.1) is 0 Å². The van der Waals surface area contributed by atoms with Crippen molar-refractivity contribution in [3.63, 3.8) is 0 Å². The van der Waals surface area contributed by atoms with Gasteiger partial charge >= 0.3 is 5.97 Å². The molecule has 1 N–H and O–H groups in total. The molecule has 94 valence electrons. The highest BCUT2D eigenvalue weighted by atomic mass is 79.9. The molecule has 0 aliphatic carbocycles. The minimum absolute atomic E-state index is 0.0474. The largest absolute Gasteiger partial charge is 0.465 e. The van der Waals surface area contributed by atoms with E-state index in [0.717, 1.165) is 0 Å². The van der Waals surface area contributed by atoms with Gasteiger partial charge in [-0.3, -0.25) is 0 Å². The van der Waals surface area contributed by atoms with Crippen LogP contribution in [0.25, 0.3) is 0 Å². The normalized spacial score (nSPS) is 10.7. The predicted molar refractivity (Wildman–Crippen MR) is 61.3 cm³/mol. The highest BCUT2D eigenvalue weighted by Gasteiger charge is 2.21. The van der Waals surface area contributed by atoms with Crippen LogP contribution in [0.3, 0.4) is 0 Å². The summed E-state index contributed by atoms with van der Waals surface area (Å²) in [7, 11) is 1.17. The molecule has 6 heteroatoms. The molecular formula is C11H11BrF2O3. The topological polar surface area (TPSA) is 46.5 Å². The van der Waals surface area contributed by atoms with Gasteiger partial charge in [0.25, 0.3) is 6.43 Å². The van der Waals surface area contributed by atoms with Gasteiger partial charge < -0.3 is 9.84 Å². The molecule has 0 atom stereocenters. The maximum absolute atomic E-state index is 12.8. The number of ether oxygens (including phenoxy) is 1. The molecular weight excluding hydrogens is 298 g/mol. The summed E-state index contributed by atoms with van der Waals surface area (Å²) in [5.41, 5.74) is 0.217. The third kappa shape index (κ3) is 3.01. The van der Waals surface area contributed by atoms with Crippen LogP contribution < -0.4 is 0 Å². The first-order chi connectivity index (χ1) is 8.04. The lowest BCUT2D eigenvalue weighted by atomic mass is 9.99. The van der Waals surface area contributed by atoms with Crippen molar-refractivity contribution in [2.75, 3.05) is 7.11 Å². The summed E-state index contributed by atoms with van der Waals surface area (Å²) in [6.45, 7) is -0.410. The van der Waals surface area contributed by atoms with Gasteiger partial charge in [-0.15, -0.1) is 0 Å². The predicted octanol–water partition coefficient (Wildman–Crippen LogP) is 2.80. The minimum Gasteiger partial charge on any atom is -0.465 e. The van der Waals surface area contributed by atoms with Gasteiger partial charge in [-0.2, -0.15) is 0 Å². The molecule has 3 nitrogen and oxygen atoms in total. The average molecular weight is 309 g/mol. The van der Waals surface area contributed by atoms with E-state index in [1.54, 1.807) is 0 Å². The molecule has 0 amide bonds. The molecule has 0 fully saturated rings. The molecule has 0 radical (unpaired) electrons. The zero-order valence-corrected chi connectivity index (χ0v) is 10.6. The Morgan fingerprint density at radius 1 is 1.53 bits per heavy atom. The molecule has 1 rings (SSSR count). The van der Waals surface area contributed by atoms with E-state index in [1.165, 1.54) is 19.2 Å². The van der Waals surface area contributed by atoms with Crippen molar-refractivity contribution in [1.29, 1.82) is 0 Å². The fourth-order valence-electron chi connectivity index (χ4n) is 1.48. The van der Waals surface area contributed by atoms with Gasteiger partial charge in [-0.05, 0) is 23.3 Å². The third-order valence-electron chi connectivity index (χ3n) is 2.30. The lowest BCUT2D eigenvalue weighted by Crippen LogP contribution is -2.09. The van der Waals surface area contributed by atoms with E-state index < -0.39 is 19.0 Å². The Morgan fingerprint density at radius 2 is 2.18 bits per heavy atom. The van der Waals surface area contributed by atoms with Crippen molar-refractivity contribution < 1.29 is 23.4 Å². The van der Waals surface area contributed by atoms with Crippen LogP contribution in [0.1, 0.15) is 33.5 Å². The number of carbonyl (C=O) groups is 1. The number of benzene rings is 1. The summed E-state index contributed by atoms with van der Waals surface area (Å²) in [6.07, 6.45) is -2.71. The van der Waals surface area contributed by atoms with Gasteiger partial charge in [0, 0.05) is 10.9 Å². The number of hydrogen-bond donors (Lipinski definition) is 1. The van der Waals surface area contributed by atoms with Crippen molar-refractivity contribution in [2.24, 2.45) is 0 Å². The van der Waals surface area contributed by atoms with Crippen LogP contribution in [0.2, 0.25) is 0 Å². The number of esters is 1. The molecule has 0 unspecified atom stereocenters. The maximum Gasteiger partial charge on any atom is 0.338 e. The van der Waals surface area contributed by atoms with E-state index in [-0.39, 0.29) is 27.6 Å². The Hall–Kier alpha value is -1.01. The molecule has 0 heterocycles. The van der Waals surface area contributed by atoms with Crippen LogP contribution >= 0.6 is 15.9 Å². The summed E-state index contributed by atoms with van der Waals surface area (Å²) in [5, 5.41) is 9.09. The second-order valence-corrected chi connectivity index (χ2v) is 3.86. The second-order valence-electron chi connectivity index (χ2n) is 3.30. The standard InChI is InChI=1S/C11H11BrF2O3/c1-17-11(16)8-3-6(5-15)2-7(10(13)14)9(8)4-12/h2-3,10,15H,4-5H2,1H3. The fourth-order valence-corrected chi connectivity index (χ4v) is 2.11. The van der Waals surface area contributed by atoms with Gasteiger partial charge in [-0.25, -0.2) is 13.6 Å². The monoisotopic (exact) mass is 308 g/mol. The van der Waals surface area contributed by atoms with Crippen LogP contribution in [-0.4, -0.2) is 18.2 Å². The van der Waals surface area contributed by atoms with Gasteiger partial charge in [0.15, 0.2) is 0 Å². The van der Waals surface area contributed by atoms with E-state index in [1.807, 2.05) is 0 Å². The quantitative estimate of drug-likeness (QED) is 0.687. The Labute approximate surface area is 106 Å².